The minimum Gasteiger partial charge on any atom is -0.0619 e. The lowest BCUT2D eigenvalue weighted by Gasteiger charge is -2.08. The summed E-state index contributed by atoms with van der Waals surface area (Å²) in [6.45, 7) is 0. The predicted molar refractivity (Wildman–Crippen MR) is 168 cm³/mol. The minimum atomic E-state index is -0.116. The van der Waals surface area contributed by atoms with Crippen molar-refractivity contribution in [1.29, 1.82) is 0 Å². The number of hydrogen-bond acceptors (Lipinski definition) is 0. The fourth-order valence-electron chi connectivity index (χ4n) is 4.51. The summed E-state index contributed by atoms with van der Waals surface area (Å²) in [5.41, 5.74) is 0. The zero-order valence-electron chi connectivity index (χ0n) is 21.4. The highest BCUT2D eigenvalue weighted by Gasteiger charge is 2.30. The van der Waals surface area contributed by atoms with Gasteiger partial charge in [-0.1, -0.05) is 72.8 Å². The van der Waals surface area contributed by atoms with Gasteiger partial charge in [-0.15, -0.1) is 0 Å². The van der Waals surface area contributed by atoms with E-state index in [1.54, 1.807) is 0 Å². The Balaban J connectivity index is 1.24. The quantitative estimate of drug-likeness (QED) is 0.129. The Morgan fingerprint density at radius 2 is 0.487 bits per heavy atom. The van der Waals surface area contributed by atoms with Crippen molar-refractivity contribution in [2.75, 3.05) is 0 Å². The lowest BCUT2D eigenvalue weighted by Crippen LogP contribution is -2.05. The molecule has 0 bridgehead atoms. The van der Waals surface area contributed by atoms with Crippen LogP contribution in [-0.4, -0.2) is 0 Å². The molecule has 0 aliphatic heterocycles. The van der Waals surface area contributed by atoms with Gasteiger partial charge in [0.25, 0.3) is 0 Å². The zero-order chi connectivity index (χ0) is 26.3. The van der Waals surface area contributed by atoms with Crippen molar-refractivity contribution in [3.05, 3.63) is 170 Å². The van der Waals surface area contributed by atoms with E-state index in [0.717, 1.165) is 0 Å². The molecule has 0 radical (unpaired) electrons. The molecule has 0 saturated carbocycles. The first-order valence-electron chi connectivity index (χ1n) is 13.0. The third-order valence-electron chi connectivity index (χ3n) is 6.32. The Morgan fingerprint density at radius 1 is 0.256 bits per heavy atom. The summed E-state index contributed by atoms with van der Waals surface area (Å²) in [5, 5.41) is 0. The van der Waals surface area contributed by atoms with E-state index < -0.39 is 0 Å². The third kappa shape index (κ3) is 6.17. The second-order valence-corrected chi connectivity index (χ2v) is 14.3. The van der Waals surface area contributed by atoms with Crippen molar-refractivity contribution < 1.29 is 0 Å². The van der Waals surface area contributed by atoms with Gasteiger partial charge in [-0.05, 0) is 97.1 Å². The largest absolute Gasteiger partial charge is 0.166 e. The maximum Gasteiger partial charge on any atom is 0.166 e. The average Bonchev–Trinajstić information content (AvgIpc) is 3.01. The maximum atomic E-state index is 2.31. The van der Waals surface area contributed by atoms with Gasteiger partial charge >= 0.3 is 0 Å². The second-order valence-electron chi connectivity index (χ2n) is 8.96. The van der Waals surface area contributed by atoms with Gasteiger partial charge in [0.05, 0.1) is 21.8 Å². The fourth-order valence-corrected chi connectivity index (χ4v) is 9.57. The smallest absolute Gasteiger partial charge is 0.0619 e. The van der Waals surface area contributed by atoms with Crippen LogP contribution in [0.15, 0.2) is 209 Å². The summed E-state index contributed by atoms with van der Waals surface area (Å²) in [4.78, 5) is 10.7. The minimum absolute atomic E-state index is 0.116. The molecule has 6 aromatic carbocycles. The van der Waals surface area contributed by atoms with Gasteiger partial charge in [0.1, 0.15) is 0 Å². The first-order valence-corrected chi connectivity index (χ1v) is 16.3. The van der Waals surface area contributed by atoms with Crippen LogP contribution in [0.1, 0.15) is 0 Å². The highest BCUT2D eigenvalue weighted by Crippen LogP contribution is 2.33. The molecule has 0 fully saturated rings. The van der Waals surface area contributed by atoms with Crippen molar-refractivity contribution in [3.63, 3.8) is 0 Å². The molecule has 0 saturated heterocycles. The molecule has 0 aliphatic rings. The topological polar surface area (TPSA) is 0 Å². The van der Waals surface area contributed by atoms with Crippen LogP contribution in [0.4, 0.5) is 0 Å². The van der Waals surface area contributed by atoms with Crippen LogP contribution in [0.3, 0.4) is 0 Å². The van der Waals surface area contributed by atoms with E-state index in [1.165, 1.54) is 50.9 Å². The lowest BCUT2D eigenvalue weighted by atomic mass is 10.3. The summed E-state index contributed by atoms with van der Waals surface area (Å²) in [7, 11) is -0.233. The highest BCUT2D eigenvalue weighted by molar-refractivity contribution is 7.97. The molecular formula is C36H29S3+3. The van der Waals surface area contributed by atoms with Crippen molar-refractivity contribution in [1.82, 2.24) is 0 Å². The van der Waals surface area contributed by atoms with Crippen molar-refractivity contribution >= 4 is 33.6 Å². The molecule has 0 unspecified atom stereocenters. The summed E-state index contributed by atoms with van der Waals surface area (Å²) in [5.74, 6) is 0. The van der Waals surface area contributed by atoms with Crippen LogP contribution in [0.25, 0.3) is 0 Å². The van der Waals surface area contributed by atoms with Gasteiger partial charge in [0, 0.05) is 11.8 Å². The number of thiol groups is 1. The van der Waals surface area contributed by atoms with Gasteiger partial charge in [-0.25, -0.2) is 0 Å². The summed E-state index contributed by atoms with van der Waals surface area (Å²) in [6, 6.07) is 61.7. The highest BCUT2D eigenvalue weighted by atomic mass is 32.2. The molecule has 0 spiro atoms. The van der Waals surface area contributed by atoms with Crippen LogP contribution < -0.4 is 0 Å². The Bertz CT molecular complexity index is 1380. The van der Waals surface area contributed by atoms with Gasteiger partial charge < -0.3 is 0 Å². The van der Waals surface area contributed by atoms with E-state index in [1.807, 2.05) is 0 Å². The van der Waals surface area contributed by atoms with Gasteiger partial charge in [0.2, 0.25) is 0 Å². The van der Waals surface area contributed by atoms with Crippen molar-refractivity contribution in [2.45, 2.75) is 39.2 Å². The molecule has 6 aromatic rings. The molecule has 0 nitrogen and oxygen atoms in total. The summed E-state index contributed by atoms with van der Waals surface area (Å²) < 4.78 is 0. The van der Waals surface area contributed by atoms with E-state index in [-0.39, 0.29) is 21.8 Å². The molecule has 0 N–H and O–H groups in total. The Morgan fingerprint density at radius 3 is 0.744 bits per heavy atom. The van der Waals surface area contributed by atoms with Crippen molar-refractivity contribution in [3.8, 4) is 0 Å². The monoisotopic (exact) mass is 557 g/mol. The normalized spacial score (nSPS) is 11.1. The Labute approximate surface area is 241 Å². The van der Waals surface area contributed by atoms with E-state index >= 15 is 0 Å². The molecule has 0 amide bonds. The first-order chi connectivity index (χ1) is 19.3. The standard InChI is InChI=1S/C36H28S3/c1-5-13-31(14-6-1)38(32-15-7-2-8-16-32)35-25-21-29(22-26-35)37-30-23-27-36(28-24-30)39(33-17-9-3-10-18-33)34-19-11-4-12-20-34/h1-28H/q+2/p+1. The van der Waals surface area contributed by atoms with E-state index in [4.69, 9.17) is 0 Å². The number of benzene rings is 6. The van der Waals surface area contributed by atoms with Crippen molar-refractivity contribution in [2.24, 2.45) is 0 Å². The first kappa shape index (κ1) is 25.6. The molecule has 39 heavy (non-hydrogen) atoms. The third-order valence-corrected chi connectivity index (χ3v) is 11.9. The summed E-state index contributed by atoms with van der Waals surface area (Å²) >= 11 is 1.22. The molecule has 6 rings (SSSR count). The van der Waals surface area contributed by atoms with Crippen LogP contribution in [0.2, 0.25) is 0 Å². The van der Waals surface area contributed by atoms with Gasteiger partial charge in [-0.3, -0.25) is 0 Å². The molecule has 0 heterocycles. The average molecular weight is 558 g/mol. The Kier molecular flexibility index (Phi) is 8.21. The zero-order valence-corrected chi connectivity index (χ0v) is 24.0. The molecular weight excluding hydrogens is 529 g/mol. The molecule has 0 aromatic heterocycles. The molecule has 0 aliphatic carbocycles. The van der Waals surface area contributed by atoms with Crippen LogP contribution in [0, 0.1) is 0 Å². The SMILES string of the molecule is c1ccc([S+](c2ccccc2)c2ccc([SH+]c3ccc([S+](c4ccccc4)c4ccccc4)cc3)cc2)cc1. The van der Waals surface area contributed by atoms with Crippen LogP contribution in [-0.2, 0) is 33.6 Å². The fraction of sp³-hybridized carbons (Fsp3) is 0. The predicted octanol–water partition coefficient (Wildman–Crippen LogP) is 9.11. The van der Waals surface area contributed by atoms with Gasteiger partial charge in [-0.2, -0.15) is 0 Å². The van der Waals surface area contributed by atoms with E-state index in [9.17, 15) is 0 Å². The molecule has 3 heteroatoms. The van der Waals surface area contributed by atoms with Gasteiger partial charge in [0.15, 0.2) is 39.2 Å². The van der Waals surface area contributed by atoms with E-state index in [2.05, 4.69) is 170 Å². The van der Waals surface area contributed by atoms with Crippen LogP contribution >= 0.6 is 0 Å². The second kappa shape index (κ2) is 12.5. The van der Waals surface area contributed by atoms with Crippen LogP contribution in [0.5, 0.6) is 0 Å². The number of rotatable bonds is 8. The summed E-state index contributed by atoms with van der Waals surface area (Å²) in [6.07, 6.45) is 0. The molecule has 0 atom stereocenters. The lowest BCUT2D eigenvalue weighted by molar-refractivity contribution is 1.27. The number of hydrogen-bond donors (Lipinski definition) is 0. The molecule has 188 valence electrons. The Hall–Kier alpha value is -3.63. The van der Waals surface area contributed by atoms with E-state index in [0.29, 0.717) is 0 Å². The maximum absolute atomic E-state index is 2.31.